The number of furan rings is 1. The van der Waals surface area contributed by atoms with E-state index >= 15 is 0 Å². The Balaban J connectivity index is 1.91. The van der Waals surface area contributed by atoms with E-state index in [0.717, 1.165) is 0 Å². The predicted molar refractivity (Wildman–Crippen MR) is 85.5 cm³/mol. The molecule has 1 heterocycles. The first-order valence-corrected chi connectivity index (χ1v) is 6.62. The number of nitrogens with one attached hydrogen (secondary N) is 2. The number of aromatic carboxylic acids is 1. The average molecular weight is 316 g/mol. The van der Waals surface area contributed by atoms with Gasteiger partial charge in [-0.15, -0.1) is 0 Å². The summed E-state index contributed by atoms with van der Waals surface area (Å²) in [6, 6.07) is 9.51. The third kappa shape index (κ3) is 4.57. The van der Waals surface area contributed by atoms with Gasteiger partial charge < -0.3 is 14.8 Å². The largest absolute Gasteiger partial charge is 0.478 e. The van der Waals surface area contributed by atoms with E-state index in [1.165, 1.54) is 30.5 Å². The zero-order valence-corrected chi connectivity index (χ0v) is 12.1. The number of carboxylic acids is 1. The Morgan fingerprint density at radius 1 is 1.23 bits per heavy atom. The van der Waals surface area contributed by atoms with Crippen molar-refractivity contribution in [3.8, 4) is 0 Å². The van der Waals surface area contributed by atoms with Gasteiger partial charge in [0.1, 0.15) is 5.76 Å². The summed E-state index contributed by atoms with van der Waals surface area (Å²) < 4.78 is 5.05. The van der Waals surface area contributed by atoms with Crippen LogP contribution < -0.4 is 10.6 Å². The van der Waals surface area contributed by atoms with Crippen LogP contribution in [0.15, 0.2) is 53.2 Å². The number of benzene rings is 1. The van der Waals surface area contributed by atoms with Gasteiger partial charge in [0.15, 0.2) is 5.11 Å². The summed E-state index contributed by atoms with van der Waals surface area (Å²) >= 11 is 4.99. The van der Waals surface area contributed by atoms with E-state index in [2.05, 4.69) is 10.6 Å². The number of hydrogen-bond acceptors (Lipinski definition) is 4. The fourth-order valence-electron chi connectivity index (χ4n) is 1.59. The number of carbonyl (C=O) groups is 2. The summed E-state index contributed by atoms with van der Waals surface area (Å²) in [4.78, 5) is 22.5. The molecule has 2 rings (SSSR count). The molecule has 1 aromatic heterocycles. The van der Waals surface area contributed by atoms with Crippen molar-refractivity contribution < 1.29 is 19.1 Å². The lowest BCUT2D eigenvalue weighted by atomic mass is 10.2. The van der Waals surface area contributed by atoms with E-state index in [0.29, 0.717) is 11.4 Å². The van der Waals surface area contributed by atoms with E-state index < -0.39 is 11.9 Å². The first kappa shape index (κ1) is 15.5. The third-order valence-electron chi connectivity index (χ3n) is 2.55. The number of amides is 1. The Morgan fingerprint density at radius 3 is 2.73 bits per heavy atom. The van der Waals surface area contributed by atoms with Crippen molar-refractivity contribution in [3.05, 3.63) is 60.1 Å². The molecular weight excluding hydrogens is 304 g/mol. The number of carboxylic acid groups (broad SMARTS) is 1. The molecule has 112 valence electrons. The van der Waals surface area contributed by atoms with E-state index in [9.17, 15) is 9.59 Å². The molecule has 0 saturated heterocycles. The molecule has 0 unspecified atom stereocenters. The van der Waals surface area contributed by atoms with Crippen molar-refractivity contribution in [2.45, 2.75) is 0 Å². The van der Waals surface area contributed by atoms with Gasteiger partial charge in [-0.05, 0) is 48.6 Å². The van der Waals surface area contributed by atoms with Crippen LogP contribution in [0, 0.1) is 0 Å². The molecule has 0 aliphatic rings. The van der Waals surface area contributed by atoms with Gasteiger partial charge in [-0.25, -0.2) is 4.79 Å². The van der Waals surface area contributed by atoms with Crippen molar-refractivity contribution >= 4 is 41.0 Å². The number of thiocarbonyl (C=S) groups is 1. The Morgan fingerprint density at radius 2 is 2.05 bits per heavy atom. The van der Waals surface area contributed by atoms with Gasteiger partial charge in [-0.1, -0.05) is 6.07 Å². The average Bonchev–Trinajstić information content (AvgIpc) is 2.98. The van der Waals surface area contributed by atoms with Crippen LogP contribution in [0.4, 0.5) is 5.69 Å². The van der Waals surface area contributed by atoms with Crippen molar-refractivity contribution in [1.29, 1.82) is 0 Å². The van der Waals surface area contributed by atoms with Gasteiger partial charge >= 0.3 is 5.97 Å². The molecule has 7 heteroatoms. The molecule has 6 nitrogen and oxygen atoms in total. The molecular formula is C15H12N2O4S. The number of anilines is 1. The normalized spacial score (nSPS) is 10.4. The molecule has 22 heavy (non-hydrogen) atoms. The monoisotopic (exact) mass is 316 g/mol. The predicted octanol–water partition coefficient (Wildman–Crippen LogP) is 2.50. The number of hydrogen-bond donors (Lipinski definition) is 3. The van der Waals surface area contributed by atoms with E-state index in [1.54, 1.807) is 24.3 Å². The molecule has 0 aliphatic carbocycles. The Bertz CT molecular complexity index is 723. The van der Waals surface area contributed by atoms with E-state index in [-0.39, 0.29) is 10.7 Å². The minimum absolute atomic E-state index is 0.0663. The molecule has 0 saturated carbocycles. The van der Waals surface area contributed by atoms with Gasteiger partial charge in [0, 0.05) is 11.8 Å². The quantitative estimate of drug-likeness (QED) is 0.593. The van der Waals surface area contributed by atoms with Crippen molar-refractivity contribution in [1.82, 2.24) is 5.32 Å². The van der Waals surface area contributed by atoms with Crippen molar-refractivity contribution in [3.63, 3.8) is 0 Å². The van der Waals surface area contributed by atoms with Crippen LogP contribution >= 0.6 is 12.2 Å². The molecule has 0 radical (unpaired) electrons. The van der Waals surface area contributed by atoms with Crippen LogP contribution in [0.5, 0.6) is 0 Å². The number of rotatable bonds is 4. The van der Waals surface area contributed by atoms with E-state index in [4.69, 9.17) is 21.7 Å². The standard InChI is InChI=1S/C15H12N2O4S/c18-13(7-6-12-5-2-8-21-12)17-15(22)16-11-4-1-3-10(9-11)14(19)20/h1-9H,(H,19,20)(H2,16,17,18,22)/b7-6+. The van der Waals surface area contributed by atoms with Gasteiger partial charge in [0.05, 0.1) is 11.8 Å². The summed E-state index contributed by atoms with van der Waals surface area (Å²) in [5, 5.41) is 14.2. The lowest BCUT2D eigenvalue weighted by Gasteiger charge is -2.08. The SMILES string of the molecule is O=C(/C=C/c1ccco1)NC(=S)Nc1cccc(C(=O)O)c1. The minimum Gasteiger partial charge on any atom is -0.478 e. The highest BCUT2D eigenvalue weighted by Gasteiger charge is 2.05. The van der Waals surface area contributed by atoms with Gasteiger partial charge in [-0.2, -0.15) is 0 Å². The highest BCUT2D eigenvalue weighted by Crippen LogP contribution is 2.10. The number of carbonyl (C=O) groups excluding carboxylic acids is 1. The topological polar surface area (TPSA) is 91.6 Å². The Labute approximate surface area is 131 Å². The second-order valence-corrected chi connectivity index (χ2v) is 4.59. The van der Waals surface area contributed by atoms with Crippen LogP contribution in [0.25, 0.3) is 6.08 Å². The maximum absolute atomic E-state index is 11.7. The summed E-state index contributed by atoms with van der Waals surface area (Å²) in [6.45, 7) is 0. The molecule has 0 bridgehead atoms. The van der Waals surface area contributed by atoms with Gasteiger partial charge in [-0.3, -0.25) is 10.1 Å². The Hall–Kier alpha value is -2.93. The summed E-state index contributed by atoms with van der Waals surface area (Å²) in [7, 11) is 0. The van der Waals surface area contributed by atoms with Crippen LogP contribution in [0.3, 0.4) is 0 Å². The van der Waals surface area contributed by atoms with Crippen LogP contribution in [-0.2, 0) is 4.79 Å². The molecule has 0 aliphatic heterocycles. The molecule has 1 aromatic carbocycles. The van der Waals surface area contributed by atoms with Crippen molar-refractivity contribution in [2.24, 2.45) is 0 Å². The lowest BCUT2D eigenvalue weighted by molar-refractivity contribution is -0.115. The van der Waals surface area contributed by atoms with Gasteiger partial charge in [0.25, 0.3) is 0 Å². The lowest BCUT2D eigenvalue weighted by Crippen LogP contribution is -2.32. The second kappa shape index (κ2) is 7.19. The van der Waals surface area contributed by atoms with E-state index in [1.807, 2.05) is 0 Å². The highest BCUT2D eigenvalue weighted by molar-refractivity contribution is 7.80. The maximum Gasteiger partial charge on any atom is 0.335 e. The first-order chi connectivity index (χ1) is 10.5. The molecule has 0 atom stereocenters. The molecule has 3 N–H and O–H groups in total. The zero-order chi connectivity index (χ0) is 15.9. The smallest absolute Gasteiger partial charge is 0.335 e. The molecule has 0 fully saturated rings. The summed E-state index contributed by atoms with van der Waals surface area (Å²) in [6.07, 6.45) is 4.28. The molecule has 1 amide bonds. The summed E-state index contributed by atoms with van der Waals surface area (Å²) in [5.74, 6) is -0.925. The fourth-order valence-corrected chi connectivity index (χ4v) is 1.81. The van der Waals surface area contributed by atoms with Crippen LogP contribution in [0.2, 0.25) is 0 Å². The minimum atomic E-state index is -1.04. The first-order valence-electron chi connectivity index (χ1n) is 6.21. The molecule has 2 aromatic rings. The second-order valence-electron chi connectivity index (χ2n) is 4.18. The van der Waals surface area contributed by atoms with Gasteiger partial charge in [0.2, 0.25) is 5.91 Å². The Kier molecular flexibility index (Phi) is 5.05. The van der Waals surface area contributed by atoms with Crippen LogP contribution in [-0.4, -0.2) is 22.1 Å². The highest BCUT2D eigenvalue weighted by atomic mass is 32.1. The van der Waals surface area contributed by atoms with Crippen molar-refractivity contribution in [2.75, 3.05) is 5.32 Å². The molecule has 0 spiro atoms. The fraction of sp³-hybridized carbons (Fsp3) is 0. The summed E-state index contributed by atoms with van der Waals surface area (Å²) in [5.41, 5.74) is 0.594. The third-order valence-corrected chi connectivity index (χ3v) is 2.75. The maximum atomic E-state index is 11.7. The zero-order valence-electron chi connectivity index (χ0n) is 11.3. The van der Waals surface area contributed by atoms with Crippen LogP contribution in [0.1, 0.15) is 16.1 Å².